The van der Waals surface area contributed by atoms with Gasteiger partial charge in [0.25, 0.3) is 0 Å². The van der Waals surface area contributed by atoms with E-state index in [1.807, 2.05) is 11.7 Å². The molecule has 0 spiro atoms. The van der Waals surface area contributed by atoms with Crippen molar-refractivity contribution in [2.24, 2.45) is 7.05 Å². The lowest BCUT2D eigenvalue weighted by molar-refractivity contribution is 0.222. The predicted octanol–water partition coefficient (Wildman–Crippen LogP) is 4.99. The van der Waals surface area contributed by atoms with Crippen LogP contribution in [0.25, 0.3) is 33.1 Å². The Labute approximate surface area is 165 Å². The van der Waals surface area contributed by atoms with E-state index in [2.05, 4.69) is 71.7 Å². The minimum Gasteiger partial charge on any atom is -0.304 e. The Morgan fingerprint density at radius 2 is 1.75 bits per heavy atom. The Morgan fingerprint density at radius 3 is 2.57 bits per heavy atom. The second-order valence-corrected chi connectivity index (χ2v) is 7.93. The molecule has 5 rings (SSSR count). The van der Waals surface area contributed by atoms with Gasteiger partial charge in [0.05, 0.1) is 16.7 Å². The molecule has 28 heavy (non-hydrogen) atoms. The molecule has 4 aromatic rings. The molecule has 0 bridgehead atoms. The Kier molecular flexibility index (Phi) is 4.36. The van der Waals surface area contributed by atoms with E-state index in [0.717, 1.165) is 27.7 Å². The van der Waals surface area contributed by atoms with Crippen LogP contribution in [-0.2, 0) is 7.05 Å². The molecule has 0 amide bonds. The third-order valence-corrected chi connectivity index (χ3v) is 6.13. The van der Waals surface area contributed by atoms with E-state index in [9.17, 15) is 0 Å². The van der Waals surface area contributed by atoms with E-state index < -0.39 is 0 Å². The van der Waals surface area contributed by atoms with Crippen LogP contribution in [-0.4, -0.2) is 39.3 Å². The Hall–Kier alpha value is -2.72. The molecule has 0 saturated carbocycles. The number of hydrogen-bond donors (Lipinski definition) is 0. The molecule has 1 aliphatic heterocycles. The summed E-state index contributed by atoms with van der Waals surface area (Å²) in [6.45, 7) is 5.86. The summed E-state index contributed by atoms with van der Waals surface area (Å²) in [6, 6.07) is 17.6. The summed E-state index contributed by atoms with van der Waals surface area (Å²) in [6.07, 6.45) is 4.57. The zero-order valence-corrected chi connectivity index (χ0v) is 16.6. The van der Waals surface area contributed by atoms with Gasteiger partial charge in [-0.3, -0.25) is 4.68 Å². The van der Waals surface area contributed by atoms with Gasteiger partial charge in [0.15, 0.2) is 0 Å². The molecular formula is C24H26N4. The highest BCUT2D eigenvalue weighted by atomic mass is 15.2. The maximum absolute atomic E-state index is 4.94. The van der Waals surface area contributed by atoms with Crippen molar-refractivity contribution in [2.45, 2.75) is 25.7 Å². The molecule has 2 aromatic carbocycles. The van der Waals surface area contributed by atoms with Crippen LogP contribution < -0.4 is 0 Å². The van der Waals surface area contributed by atoms with Gasteiger partial charge in [0.2, 0.25) is 0 Å². The summed E-state index contributed by atoms with van der Waals surface area (Å²) in [7, 11) is 1.96. The van der Waals surface area contributed by atoms with Gasteiger partial charge in [-0.05, 0) is 74.3 Å². The van der Waals surface area contributed by atoms with Gasteiger partial charge in [-0.2, -0.15) is 5.10 Å². The van der Waals surface area contributed by atoms with Gasteiger partial charge in [-0.15, -0.1) is 0 Å². The van der Waals surface area contributed by atoms with Crippen LogP contribution >= 0.6 is 0 Å². The van der Waals surface area contributed by atoms with Crippen molar-refractivity contribution >= 4 is 21.8 Å². The Balaban J connectivity index is 1.44. The fourth-order valence-corrected chi connectivity index (χ4v) is 4.45. The first-order valence-electron chi connectivity index (χ1n) is 10.3. The topological polar surface area (TPSA) is 34.0 Å². The third-order valence-electron chi connectivity index (χ3n) is 6.13. The van der Waals surface area contributed by atoms with Crippen molar-refractivity contribution in [1.29, 1.82) is 0 Å². The highest BCUT2D eigenvalue weighted by molar-refractivity contribution is 5.86. The first-order valence-corrected chi connectivity index (χ1v) is 10.3. The van der Waals surface area contributed by atoms with E-state index in [-0.39, 0.29) is 0 Å². The van der Waals surface area contributed by atoms with Crippen molar-refractivity contribution < 1.29 is 0 Å². The van der Waals surface area contributed by atoms with Gasteiger partial charge in [0, 0.05) is 29.6 Å². The van der Waals surface area contributed by atoms with Crippen molar-refractivity contribution in [3.8, 4) is 11.3 Å². The lowest BCUT2D eigenvalue weighted by atomic mass is 9.88. The van der Waals surface area contributed by atoms with Crippen LogP contribution in [0, 0.1) is 0 Å². The van der Waals surface area contributed by atoms with E-state index in [0.29, 0.717) is 5.92 Å². The number of nitrogens with zero attached hydrogens (tertiary/aromatic N) is 4. The highest BCUT2D eigenvalue weighted by Gasteiger charge is 2.19. The first kappa shape index (κ1) is 17.4. The van der Waals surface area contributed by atoms with E-state index in [4.69, 9.17) is 4.98 Å². The average Bonchev–Trinajstić information content (AvgIpc) is 3.12. The molecule has 142 valence electrons. The summed E-state index contributed by atoms with van der Waals surface area (Å²) in [5.74, 6) is 0.680. The highest BCUT2D eigenvalue weighted by Crippen LogP contribution is 2.31. The fraction of sp³-hybridized carbons (Fsp3) is 0.333. The Bertz CT molecular complexity index is 1140. The molecule has 0 radical (unpaired) electrons. The average molecular weight is 371 g/mol. The number of aryl methyl sites for hydroxylation is 1. The fourth-order valence-electron chi connectivity index (χ4n) is 4.45. The number of benzene rings is 2. The summed E-state index contributed by atoms with van der Waals surface area (Å²) in [5, 5.41) is 6.84. The number of rotatable bonds is 3. The Morgan fingerprint density at radius 1 is 0.929 bits per heavy atom. The van der Waals surface area contributed by atoms with Crippen LogP contribution in [0.1, 0.15) is 31.2 Å². The molecule has 1 aliphatic rings. The monoisotopic (exact) mass is 370 g/mol. The molecule has 0 unspecified atom stereocenters. The van der Waals surface area contributed by atoms with Crippen LogP contribution in [0.4, 0.5) is 0 Å². The maximum Gasteiger partial charge on any atom is 0.0923 e. The molecule has 4 heteroatoms. The number of aromatic nitrogens is 3. The lowest BCUT2D eigenvalue weighted by Gasteiger charge is -2.31. The lowest BCUT2D eigenvalue weighted by Crippen LogP contribution is -2.32. The van der Waals surface area contributed by atoms with Gasteiger partial charge < -0.3 is 4.90 Å². The second kappa shape index (κ2) is 7.02. The summed E-state index contributed by atoms with van der Waals surface area (Å²) >= 11 is 0. The summed E-state index contributed by atoms with van der Waals surface area (Å²) < 4.78 is 1.86. The van der Waals surface area contributed by atoms with Crippen molar-refractivity contribution in [2.75, 3.05) is 19.6 Å². The van der Waals surface area contributed by atoms with Crippen LogP contribution in [0.2, 0.25) is 0 Å². The van der Waals surface area contributed by atoms with E-state index in [1.165, 1.54) is 43.4 Å². The van der Waals surface area contributed by atoms with Crippen LogP contribution in [0.5, 0.6) is 0 Å². The predicted molar refractivity (Wildman–Crippen MR) is 116 cm³/mol. The van der Waals surface area contributed by atoms with Gasteiger partial charge in [-0.25, -0.2) is 4.98 Å². The van der Waals surface area contributed by atoms with Gasteiger partial charge in [-0.1, -0.05) is 25.1 Å². The molecule has 2 aromatic heterocycles. The summed E-state index contributed by atoms with van der Waals surface area (Å²) in [4.78, 5) is 7.48. The normalized spacial score (nSPS) is 16.2. The smallest absolute Gasteiger partial charge is 0.0923 e. The largest absolute Gasteiger partial charge is 0.304 e. The molecule has 1 fully saturated rings. The van der Waals surface area contributed by atoms with Crippen molar-refractivity contribution in [3.63, 3.8) is 0 Å². The van der Waals surface area contributed by atoms with Gasteiger partial charge in [0.1, 0.15) is 0 Å². The second-order valence-electron chi connectivity index (χ2n) is 7.93. The number of pyridine rings is 1. The molecule has 0 N–H and O–H groups in total. The third kappa shape index (κ3) is 3.18. The summed E-state index contributed by atoms with van der Waals surface area (Å²) in [5.41, 5.74) is 5.71. The number of hydrogen-bond acceptors (Lipinski definition) is 3. The standard InChI is InChI=1S/C24H26N4/c1-3-28-12-10-17(11-13-28)18-4-7-22-19(14-18)5-8-23(25-22)20-6-9-24-21(15-20)16-27(2)26-24/h4-9,14-17H,3,10-13H2,1-2H3. The van der Waals surface area contributed by atoms with E-state index >= 15 is 0 Å². The number of piperidine rings is 1. The zero-order valence-electron chi connectivity index (χ0n) is 16.6. The first-order chi connectivity index (χ1) is 13.7. The SMILES string of the molecule is CCN1CCC(c2ccc3nc(-c4ccc5nn(C)cc5c4)ccc3c2)CC1. The number of likely N-dealkylation sites (tertiary alicyclic amines) is 1. The molecule has 4 nitrogen and oxygen atoms in total. The molecule has 0 atom stereocenters. The molecule has 1 saturated heterocycles. The van der Waals surface area contributed by atoms with E-state index in [1.54, 1.807) is 0 Å². The number of fused-ring (bicyclic) bond motifs is 2. The quantitative estimate of drug-likeness (QED) is 0.510. The van der Waals surface area contributed by atoms with Crippen LogP contribution in [0.3, 0.4) is 0 Å². The maximum atomic E-state index is 4.94. The molecular weight excluding hydrogens is 344 g/mol. The van der Waals surface area contributed by atoms with Crippen molar-refractivity contribution in [3.05, 3.63) is 60.3 Å². The molecule has 3 heterocycles. The minimum atomic E-state index is 0.680. The van der Waals surface area contributed by atoms with Crippen molar-refractivity contribution in [1.82, 2.24) is 19.7 Å². The zero-order chi connectivity index (χ0) is 19.1. The molecule has 0 aliphatic carbocycles. The minimum absolute atomic E-state index is 0.680. The van der Waals surface area contributed by atoms with Crippen LogP contribution in [0.15, 0.2) is 54.7 Å². The van der Waals surface area contributed by atoms with Gasteiger partial charge >= 0.3 is 0 Å².